The molecule has 0 spiro atoms. The van der Waals surface area contributed by atoms with Crippen LogP contribution in [-0.4, -0.2) is 30.1 Å². The summed E-state index contributed by atoms with van der Waals surface area (Å²) in [4.78, 5) is 1.22. The van der Waals surface area contributed by atoms with Gasteiger partial charge in [0.15, 0.2) is 0 Å². The first-order chi connectivity index (χ1) is 7.76. The smallest absolute Gasteiger partial charge is 0.0584 e. The molecule has 0 aliphatic rings. The van der Waals surface area contributed by atoms with Crippen LogP contribution in [-0.2, 0) is 0 Å². The highest BCUT2D eigenvalue weighted by Crippen LogP contribution is 2.21. The summed E-state index contributed by atoms with van der Waals surface area (Å²) in [7, 11) is 0. The predicted molar refractivity (Wildman–Crippen MR) is 71.3 cm³/mol. The minimum absolute atomic E-state index is 0.203. The highest BCUT2D eigenvalue weighted by molar-refractivity contribution is 7.99. The van der Waals surface area contributed by atoms with Gasteiger partial charge in [-0.15, -0.1) is 11.8 Å². The van der Waals surface area contributed by atoms with Gasteiger partial charge in [0, 0.05) is 16.0 Å². The van der Waals surface area contributed by atoms with Crippen molar-refractivity contribution in [3.05, 3.63) is 29.3 Å². The zero-order valence-corrected chi connectivity index (χ0v) is 11.0. The van der Waals surface area contributed by atoms with Crippen LogP contribution < -0.4 is 5.32 Å². The minimum atomic E-state index is 0.203. The van der Waals surface area contributed by atoms with E-state index >= 15 is 0 Å². The summed E-state index contributed by atoms with van der Waals surface area (Å²) in [6, 6.07) is 8.06. The van der Waals surface area contributed by atoms with Crippen molar-refractivity contribution in [2.45, 2.75) is 24.3 Å². The lowest BCUT2D eigenvalue weighted by molar-refractivity contribution is 0.242. The normalized spacial score (nSPS) is 12.7. The molecule has 1 atom stereocenters. The maximum atomic E-state index is 9.10. The Kier molecular flexibility index (Phi) is 6.88. The number of nitrogens with one attached hydrogen (secondary N) is 1. The first kappa shape index (κ1) is 13.8. The third-order valence-corrected chi connectivity index (χ3v) is 3.56. The van der Waals surface area contributed by atoms with Crippen molar-refractivity contribution in [3.8, 4) is 0 Å². The number of aliphatic hydroxyl groups is 1. The van der Waals surface area contributed by atoms with Gasteiger partial charge in [-0.2, -0.15) is 0 Å². The van der Waals surface area contributed by atoms with Gasteiger partial charge in [0.1, 0.15) is 0 Å². The molecule has 0 radical (unpaired) electrons. The van der Waals surface area contributed by atoms with Crippen molar-refractivity contribution in [1.29, 1.82) is 0 Å². The molecule has 90 valence electrons. The minimum Gasteiger partial charge on any atom is -0.395 e. The monoisotopic (exact) mass is 259 g/mol. The molecule has 0 amide bonds. The molecule has 0 fully saturated rings. The van der Waals surface area contributed by atoms with E-state index in [4.69, 9.17) is 16.7 Å². The Hall–Kier alpha value is -0.220. The topological polar surface area (TPSA) is 32.3 Å². The van der Waals surface area contributed by atoms with Gasteiger partial charge >= 0.3 is 0 Å². The number of rotatable bonds is 7. The van der Waals surface area contributed by atoms with E-state index in [1.54, 1.807) is 11.8 Å². The number of benzene rings is 1. The molecule has 0 saturated heterocycles. The van der Waals surface area contributed by atoms with E-state index in [0.717, 1.165) is 23.7 Å². The molecule has 1 aromatic rings. The molecule has 1 aromatic carbocycles. The summed E-state index contributed by atoms with van der Waals surface area (Å²) in [5.74, 6) is 1.000. The van der Waals surface area contributed by atoms with E-state index in [9.17, 15) is 0 Å². The Labute approximate surface area is 106 Å². The lowest BCUT2D eigenvalue weighted by Gasteiger charge is -2.14. The second-order valence-electron chi connectivity index (χ2n) is 3.53. The number of halogens is 1. The van der Waals surface area contributed by atoms with Crippen LogP contribution in [0.5, 0.6) is 0 Å². The third-order valence-electron chi connectivity index (χ3n) is 2.26. The zero-order chi connectivity index (χ0) is 11.8. The van der Waals surface area contributed by atoms with Crippen LogP contribution >= 0.6 is 23.4 Å². The van der Waals surface area contributed by atoms with E-state index < -0.39 is 0 Å². The molecule has 16 heavy (non-hydrogen) atoms. The van der Waals surface area contributed by atoms with Crippen LogP contribution in [0, 0.1) is 0 Å². The van der Waals surface area contributed by atoms with E-state index in [-0.39, 0.29) is 12.6 Å². The van der Waals surface area contributed by atoms with Gasteiger partial charge in [-0.1, -0.05) is 18.5 Å². The summed E-state index contributed by atoms with van der Waals surface area (Å²) in [6.07, 6.45) is 0.970. The SMILES string of the molecule is CCNC(CO)CCSc1ccc(Cl)cc1. The first-order valence-electron chi connectivity index (χ1n) is 5.49. The number of likely N-dealkylation sites (N-methyl/N-ethyl adjacent to an activating group) is 1. The zero-order valence-electron chi connectivity index (χ0n) is 9.45. The van der Waals surface area contributed by atoms with E-state index in [2.05, 4.69) is 12.2 Å². The van der Waals surface area contributed by atoms with Crippen molar-refractivity contribution >= 4 is 23.4 Å². The lowest BCUT2D eigenvalue weighted by Crippen LogP contribution is -2.32. The van der Waals surface area contributed by atoms with Gasteiger partial charge in [0.25, 0.3) is 0 Å². The molecule has 1 rings (SSSR count). The highest BCUT2D eigenvalue weighted by Gasteiger charge is 2.05. The molecular weight excluding hydrogens is 242 g/mol. The molecular formula is C12H18ClNOS. The van der Waals surface area contributed by atoms with Crippen LogP contribution in [0.25, 0.3) is 0 Å². The molecule has 2 nitrogen and oxygen atoms in total. The maximum Gasteiger partial charge on any atom is 0.0584 e. The maximum absolute atomic E-state index is 9.10. The Bertz CT molecular complexity index is 292. The van der Waals surface area contributed by atoms with Crippen LogP contribution in [0.15, 0.2) is 29.2 Å². The summed E-state index contributed by atoms with van der Waals surface area (Å²) in [5, 5.41) is 13.1. The average Bonchev–Trinajstić information content (AvgIpc) is 2.30. The van der Waals surface area contributed by atoms with Crippen LogP contribution in [0.3, 0.4) is 0 Å². The van der Waals surface area contributed by atoms with E-state index in [0.29, 0.717) is 0 Å². The number of aliphatic hydroxyl groups excluding tert-OH is 1. The highest BCUT2D eigenvalue weighted by atomic mass is 35.5. The Morgan fingerprint density at radius 2 is 2.06 bits per heavy atom. The molecule has 1 unspecified atom stereocenters. The standard InChI is InChI=1S/C12H18ClNOS/c1-2-14-11(9-15)7-8-16-12-5-3-10(13)4-6-12/h3-6,11,14-15H,2,7-9H2,1H3. The summed E-state index contributed by atoms with van der Waals surface area (Å²) in [6.45, 7) is 3.15. The van der Waals surface area contributed by atoms with Gasteiger partial charge < -0.3 is 10.4 Å². The van der Waals surface area contributed by atoms with Crippen molar-refractivity contribution in [2.24, 2.45) is 0 Å². The quantitative estimate of drug-likeness (QED) is 0.739. The van der Waals surface area contributed by atoms with Gasteiger partial charge in [-0.3, -0.25) is 0 Å². The fourth-order valence-electron chi connectivity index (χ4n) is 1.40. The van der Waals surface area contributed by atoms with E-state index in [1.165, 1.54) is 4.90 Å². The van der Waals surface area contributed by atoms with Gasteiger partial charge in [0.05, 0.1) is 6.61 Å². The second kappa shape index (κ2) is 7.96. The molecule has 0 saturated carbocycles. The van der Waals surface area contributed by atoms with Crippen LogP contribution in [0.2, 0.25) is 5.02 Å². The largest absolute Gasteiger partial charge is 0.395 e. The number of hydrogen-bond acceptors (Lipinski definition) is 3. The molecule has 4 heteroatoms. The fraction of sp³-hybridized carbons (Fsp3) is 0.500. The van der Waals surface area contributed by atoms with Gasteiger partial charge in [0.2, 0.25) is 0 Å². The Morgan fingerprint density at radius 3 is 2.62 bits per heavy atom. The summed E-state index contributed by atoms with van der Waals surface area (Å²) in [5.41, 5.74) is 0. The van der Waals surface area contributed by atoms with Crippen molar-refractivity contribution < 1.29 is 5.11 Å². The number of thioether (sulfide) groups is 1. The van der Waals surface area contributed by atoms with Crippen molar-refractivity contribution in [1.82, 2.24) is 5.32 Å². The first-order valence-corrected chi connectivity index (χ1v) is 6.85. The van der Waals surface area contributed by atoms with Crippen molar-refractivity contribution in [2.75, 3.05) is 18.9 Å². The molecule has 0 bridgehead atoms. The Balaban J connectivity index is 2.26. The molecule has 0 aliphatic carbocycles. The second-order valence-corrected chi connectivity index (χ2v) is 5.13. The Morgan fingerprint density at radius 1 is 1.38 bits per heavy atom. The van der Waals surface area contributed by atoms with Crippen LogP contribution in [0.1, 0.15) is 13.3 Å². The molecule has 2 N–H and O–H groups in total. The van der Waals surface area contributed by atoms with Gasteiger partial charge in [-0.05, 0) is 43.0 Å². The van der Waals surface area contributed by atoms with Crippen molar-refractivity contribution in [3.63, 3.8) is 0 Å². The molecule has 0 aliphatic heterocycles. The molecule has 0 heterocycles. The summed E-state index contributed by atoms with van der Waals surface area (Å²) < 4.78 is 0. The van der Waals surface area contributed by atoms with E-state index in [1.807, 2.05) is 24.3 Å². The average molecular weight is 260 g/mol. The van der Waals surface area contributed by atoms with Crippen LogP contribution in [0.4, 0.5) is 0 Å². The lowest BCUT2D eigenvalue weighted by atomic mass is 10.2. The third kappa shape index (κ3) is 5.21. The summed E-state index contributed by atoms with van der Waals surface area (Å²) >= 11 is 7.60. The van der Waals surface area contributed by atoms with Gasteiger partial charge in [-0.25, -0.2) is 0 Å². The predicted octanol–water partition coefficient (Wildman–Crippen LogP) is 2.79. The molecule has 0 aromatic heterocycles. The number of hydrogen-bond donors (Lipinski definition) is 2. The fourth-order valence-corrected chi connectivity index (χ4v) is 2.49.